The highest BCUT2D eigenvalue weighted by molar-refractivity contribution is 5.18. The van der Waals surface area contributed by atoms with Crippen molar-refractivity contribution in [1.82, 2.24) is 15.1 Å². The molecule has 1 aromatic carbocycles. The third-order valence-corrected chi connectivity index (χ3v) is 6.15. The van der Waals surface area contributed by atoms with Crippen LogP contribution in [-0.4, -0.2) is 67.3 Å². The lowest BCUT2D eigenvalue weighted by atomic mass is 10.1. The zero-order valence-corrected chi connectivity index (χ0v) is 14.9. The molecule has 3 aliphatic heterocycles. The molecule has 0 radical (unpaired) electrons. The van der Waals surface area contributed by atoms with Gasteiger partial charge in [-0.25, -0.2) is 0 Å². The lowest BCUT2D eigenvalue weighted by Crippen LogP contribution is -2.50. The topological polar surface area (TPSA) is 27.7 Å². The maximum absolute atomic E-state index is 6.08. The predicted molar refractivity (Wildman–Crippen MR) is 97.2 cm³/mol. The number of fused-ring (bicyclic) bond motifs is 1. The minimum Gasteiger partial charge on any atom is -0.374 e. The summed E-state index contributed by atoms with van der Waals surface area (Å²) < 4.78 is 6.08. The van der Waals surface area contributed by atoms with Gasteiger partial charge in [0.1, 0.15) is 0 Å². The first kappa shape index (κ1) is 16.5. The summed E-state index contributed by atoms with van der Waals surface area (Å²) in [4.78, 5) is 5.24. The van der Waals surface area contributed by atoms with Crippen LogP contribution in [0.5, 0.6) is 0 Å². The second-order valence-corrected chi connectivity index (χ2v) is 7.72. The second-order valence-electron chi connectivity index (χ2n) is 7.72. The van der Waals surface area contributed by atoms with Crippen molar-refractivity contribution in [3.05, 3.63) is 35.9 Å². The van der Waals surface area contributed by atoms with Crippen molar-refractivity contribution in [1.29, 1.82) is 0 Å². The first-order valence-electron chi connectivity index (χ1n) is 9.67. The average molecular weight is 329 g/mol. The van der Waals surface area contributed by atoms with Crippen LogP contribution in [0.15, 0.2) is 30.3 Å². The third kappa shape index (κ3) is 3.67. The SMILES string of the molecule is C[C@H](c1ccccc1)N1CC[C@H](NC[C@H]2CN3CCC[C@@H]3CO2)C1. The van der Waals surface area contributed by atoms with E-state index in [1.54, 1.807) is 0 Å². The molecule has 1 aromatic rings. The molecule has 0 spiro atoms. The number of morpholine rings is 1. The molecule has 132 valence electrons. The number of rotatable bonds is 5. The lowest BCUT2D eigenvalue weighted by molar-refractivity contribution is -0.0477. The van der Waals surface area contributed by atoms with Crippen LogP contribution in [0.2, 0.25) is 0 Å². The Labute approximate surface area is 146 Å². The molecule has 3 fully saturated rings. The van der Waals surface area contributed by atoms with E-state index in [2.05, 4.69) is 52.4 Å². The van der Waals surface area contributed by atoms with Gasteiger partial charge in [-0.3, -0.25) is 9.80 Å². The largest absolute Gasteiger partial charge is 0.374 e. The van der Waals surface area contributed by atoms with Crippen LogP contribution in [0, 0.1) is 0 Å². The van der Waals surface area contributed by atoms with Gasteiger partial charge in [0, 0.05) is 44.3 Å². The van der Waals surface area contributed by atoms with Gasteiger partial charge in [-0.1, -0.05) is 30.3 Å². The molecular weight excluding hydrogens is 298 g/mol. The molecule has 0 aliphatic carbocycles. The van der Waals surface area contributed by atoms with Crippen molar-refractivity contribution in [3.63, 3.8) is 0 Å². The van der Waals surface area contributed by atoms with E-state index in [0.717, 1.165) is 26.2 Å². The third-order valence-electron chi connectivity index (χ3n) is 6.15. The zero-order valence-electron chi connectivity index (χ0n) is 14.9. The van der Waals surface area contributed by atoms with Crippen LogP contribution >= 0.6 is 0 Å². The first-order chi connectivity index (χ1) is 11.8. The predicted octanol–water partition coefficient (Wildman–Crippen LogP) is 2.27. The Kier molecular flexibility index (Phi) is 5.18. The van der Waals surface area contributed by atoms with Crippen LogP contribution in [-0.2, 0) is 4.74 Å². The van der Waals surface area contributed by atoms with Gasteiger partial charge >= 0.3 is 0 Å². The fourth-order valence-corrected chi connectivity index (χ4v) is 4.56. The Hall–Kier alpha value is -0.940. The number of benzene rings is 1. The molecule has 0 saturated carbocycles. The molecule has 0 aromatic heterocycles. The van der Waals surface area contributed by atoms with Gasteiger partial charge in [0.25, 0.3) is 0 Å². The number of nitrogens with zero attached hydrogens (tertiary/aromatic N) is 2. The van der Waals surface area contributed by atoms with Gasteiger partial charge < -0.3 is 10.1 Å². The number of ether oxygens (including phenoxy) is 1. The van der Waals surface area contributed by atoms with Crippen molar-refractivity contribution < 1.29 is 4.74 Å². The van der Waals surface area contributed by atoms with E-state index in [0.29, 0.717) is 24.2 Å². The molecule has 3 saturated heterocycles. The maximum Gasteiger partial charge on any atom is 0.0827 e. The summed E-state index contributed by atoms with van der Waals surface area (Å²) in [5.41, 5.74) is 1.42. The van der Waals surface area contributed by atoms with Gasteiger partial charge in [0.15, 0.2) is 0 Å². The van der Waals surface area contributed by atoms with Crippen LogP contribution in [0.4, 0.5) is 0 Å². The van der Waals surface area contributed by atoms with Crippen molar-refractivity contribution in [3.8, 4) is 0 Å². The van der Waals surface area contributed by atoms with Crippen LogP contribution in [0.3, 0.4) is 0 Å². The van der Waals surface area contributed by atoms with Gasteiger partial charge in [0.05, 0.1) is 12.7 Å². The number of nitrogens with one attached hydrogen (secondary N) is 1. The summed E-state index contributed by atoms with van der Waals surface area (Å²) in [6, 6.07) is 12.7. The summed E-state index contributed by atoms with van der Waals surface area (Å²) in [5.74, 6) is 0. The van der Waals surface area contributed by atoms with Crippen molar-refractivity contribution in [2.45, 2.75) is 50.4 Å². The van der Waals surface area contributed by atoms with Crippen molar-refractivity contribution in [2.24, 2.45) is 0 Å². The number of hydrogen-bond donors (Lipinski definition) is 1. The molecule has 4 nitrogen and oxygen atoms in total. The summed E-state index contributed by atoms with van der Waals surface area (Å²) in [6.07, 6.45) is 4.30. The molecular formula is C20H31N3O. The minimum atomic E-state index is 0.375. The summed E-state index contributed by atoms with van der Waals surface area (Å²) in [5, 5.41) is 3.77. The molecule has 0 bridgehead atoms. The smallest absolute Gasteiger partial charge is 0.0827 e. The molecule has 3 aliphatic rings. The molecule has 0 unspecified atom stereocenters. The Morgan fingerprint density at radius 2 is 2.04 bits per heavy atom. The standard InChI is InChI=1S/C20H31N3O/c1-16(17-6-3-2-4-7-17)22-11-9-18(13-22)21-12-20-14-23-10-5-8-19(23)15-24-20/h2-4,6-7,16,18-21H,5,8-15H2,1H3/t16-,18+,19-,20+/m1/s1. The molecule has 3 heterocycles. The quantitative estimate of drug-likeness (QED) is 0.897. The highest BCUT2D eigenvalue weighted by Crippen LogP contribution is 2.25. The maximum atomic E-state index is 6.08. The Bertz CT molecular complexity index is 523. The van der Waals surface area contributed by atoms with Gasteiger partial charge in [-0.05, 0) is 38.3 Å². The van der Waals surface area contributed by atoms with E-state index in [-0.39, 0.29) is 0 Å². The second kappa shape index (κ2) is 7.52. The fraction of sp³-hybridized carbons (Fsp3) is 0.700. The highest BCUT2D eigenvalue weighted by Gasteiger charge is 2.33. The average Bonchev–Trinajstić information content (AvgIpc) is 3.29. The van der Waals surface area contributed by atoms with Crippen LogP contribution in [0.25, 0.3) is 0 Å². The van der Waals surface area contributed by atoms with Crippen LogP contribution < -0.4 is 5.32 Å². The molecule has 4 heteroatoms. The molecule has 1 N–H and O–H groups in total. The molecule has 4 atom stereocenters. The van der Waals surface area contributed by atoms with Crippen LogP contribution in [0.1, 0.15) is 37.8 Å². The molecule has 0 amide bonds. The zero-order chi connectivity index (χ0) is 16.4. The normalized spacial score (nSPS) is 32.8. The fourth-order valence-electron chi connectivity index (χ4n) is 4.56. The summed E-state index contributed by atoms with van der Waals surface area (Å²) in [6.45, 7) is 9.00. The van der Waals surface area contributed by atoms with Gasteiger partial charge in [-0.15, -0.1) is 0 Å². The van der Waals surface area contributed by atoms with E-state index in [1.165, 1.54) is 37.9 Å². The number of likely N-dealkylation sites (tertiary alicyclic amines) is 1. The van der Waals surface area contributed by atoms with E-state index in [1.807, 2.05) is 0 Å². The Balaban J connectivity index is 1.23. The summed E-state index contributed by atoms with van der Waals surface area (Å²) >= 11 is 0. The Morgan fingerprint density at radius 3 is 2.92 bits per heavy atom. The minimum absolute atomic E-state index is 0.375. The summed E-state index contributed by atoms with van der Waals surface area (Å²) in [7, 11) is 0. The lowest BCUT2D eigenvalue weighted by Gasteiger charge is -2.35. The molecule has 24 heavy (non-hydrogen) atoms. The monoisotopic (exact) mass is 329 g/mol. The highest BCUT2D eigenvalue weighted by atomic mass is 16.5. The first-order valence-corrected chi connectivity index (χ1v) is 9.67. The Morgan fingerprint density at radius 1 is 1.17 bits per heavy atom. The van der Waals surface area contributed by atoms with E-state index in [9.17, 15) is 0 Å². The van der Waals surface area contributed by atoms with Gasteiger partial charge in [-0.2, -0.15) is 0 Å². The van der Waals surface area contributed by atoms with E-state index >= 15 is 0 Å². The van der Waals surface area contributed by atoms with Crippen molar-refractivity contribution >= 4 is 0 Å². The number of hydrogen-bond acceptors (Lipinski definition) is 4. The van der Waals surface area contributed by atoms with E-state index in [4.69, 9.17) is 4.74 Å². The van der Waals surface area contributed by atoms with Gasteiger partial charge in [0.2, 0.25) is 0 Å². The van der Waals surface area contributed by atoms with Crippen molar-refractivity contribution in [2.75, 3.05) is 39.3 Å². The van der Waals surface area contributed by atoms with E-state index < -0.39 is 0 Å². The molecule has 4 rings (SSSR count).